The van der Waals surface area contributed by atoms with E-state index in [4.69, 9.17) is 5.73 Å². The van der Waals surface area contributed by atoms with E-state index >= 15 is 0 Å². The highest BCUT2D eigenvalue weighted by molar-refractivity contribution is 7.99. The Morgan fingerprint density at radius 2 is 1.90 bits per heavy atom. The van der Waals surface area contributed by atoms with Crippen LogP contribution >= 0.6 is 11.8 Å². The average Bonchev–Trinajstić information content (AvgIpc) is 1.95. The fourth-order valence-electron chi connectivity index (χ4n) is 0.682. The van der Waals surface area contributed by atoms with Crippen LogP contribution in [-0.4, -0.2) is 5.75 Å². The molecule has 0 atom stereocenters. The molecule has 1 radical (unpaired) electrons. The van der Waals surface area contributed by atoms with E-state index in [1.807, 2.05) is 24.3 Å². The molecule has 0 amide bonds. The van der Waals surface area contributed by atoms with Crippen LogP contribution in [0.4, 0.5) is 5.69 Å². The van der Waals surface area contributed by atoms with E-state index in [1.165, 1.54) is 4.90 Å². The van der Waals surface area contributed by atoms with E-state index in [9.17, 15) is 0 Å². The Bertz CT molecular complexity index is 193. The molecule has 0 fully saturated rings. The van der Waals surface area contributed by atoms with E-state index in [-0.39, 0.29) is 0 Å². The number of thioether (sulfide) groups is 1. The highest BCUT2D eigenvalue weighted by atomic mass is 32.2. The van der Waals surface area contributed by atoms with E-state index in [0.717, 1.165) is 11.4 Å². The summed E-state index contributed by atoms with van der Waals surface area (Å²) < 4.78 is 0. The molecule has 1 nitrogen and oxygen atoms in total. The lowest BCUT2D eigenvalue weighted by molar-refractivity contribution is 1.46. The molecule has 0 spiro atoms. The van der Waals surface area contributed by atoms with Crippen molar-refractivity contribution >= 4 is 17.4 Å². The van der Waals surface area contributed by atoms with Crippen LogP contribution in [0.2, 0.25) is 0 Å². The minimum absolute atomic E-state index is 0.813. The zero-order valence-electron chi connectivity index (χ0n) is 5.71. The number of nitrogens with two attached hydrogens (primary N) is 1. The molecule has 10 heavy (non-hydrogen) atoms. The lowest BCUT2D eigenvalue weighted by Crippen LogP contribution is -1.82. The summed E-state index contributed by atoms with van der Waals surface area (Å²) in [5, 5.41) is 0. The first-order chi connectivity index (χ1) is 4.83. The zero-order valence-corrected chi connectivity index (χ0v) is 6.53. The fraction of sp³-hybridized carbons (Fsp3) is 0.125. The van der Waals surface area contributed by atoms with Gasteiger partial charge in [0.25, 0.3) is 0 Å². The maximum absolute atomic E-state index is 5.50. The summed E-state index contributed by atoms with van der Waals surface area (Å²) in [5.74, 6) is 0.865. The summed E-state index contributed by atoms with van der Waals surface area (Å²) >= 11 is 1.72. The van der Waals surface area contributed by atoms with Crippen molar-refractivity contribution in [2.75, 3.05) is 11.5 Å². The maximum Gasteiger partial charge on any atom is 0.0314 e. The molecule has 0 bridgehead atoms. The van der Waals surface area contributed by atoms with Gasteiger partial charge in [0.2, 0.25) is 0 Å². The number of hydrogen-bond acceptors (Lipinski definition) is 2. The number of benzene rings is 1. The second kappa shape index (κ2) is 3.52. The molecule has 0 aliphatic rings. The van der Waals surface area contributed by atoms with Crippen molar-refractivity contribution < 1.29 is 0 Å². The van der Waals surface area contributed by atoms with Gasteiger partial charge in [-0.25, -0.2) is 0 Å². The summed E-state index contributed by atoms with van der Waals surface area (Å²) in [6.07, 6.45) is 0. The molecule has 0 saturated heterocycles. The lowest BCUT2D eigenvalue weighted by atomic mass is 10.3. The first-order valence-electron chi connectivity index (χ1n) is 3.10. The van der Waals surface area contributed by atoms with Crippen LogP contribution in [0.1, 0.15) is 0 Å². The van der Waals surface area contributed by atoms with Gasteiger partial charge in [0.15, 0.2) is 0 Å². The third kappa shape index (κ3) is 1.95. The van der Waals surface area contributed by atoms with Gasteiger partial charge < -0.3 is 5.73 Å². The van der Waals surface area contributed by atoms with Gasteiger partial charge in [-0.15, -0.1) is 11.8 Å². The Morgan fingerprint density at radius 3 is 2.40 bits per heavy atom. The zero-order chi connectivity index (χ0) is 7.40. The predicted octanol–water partition coefficient (Wildman–Crippen LogP) is 2.19. The molecular formula is C8H10NS. The summed E-state index contributed by atoms with van der Waals surface area (Å²) in [4.78, 5) is 1.23. The predicted molar refractivity (Wildman–Crippen MR) is 46.9 cm³/mol. The Kier molecular flexibility index (Phi) is 2.63. The van der Waals surface area contributed by atoms with Crippen molar-refractivity contribution in [3.63, 3.8) is 0 Å². The van der Waals surface area contributed by atoms with Crippen molar-refractivity contribution in [3.8, 4) is 0 Å². The van der Waals surface area contributed by atoms with E-state index in [1.54, 1.807) is 11.8 Å². The number of rotatable bonds is 2. The van der Waals surface area contributed by atoms with Crippen molar-refractivity contribution in [2.45, 2.75) is 4.90 Å². The summed E-state index contributed by atoms with van der Waals surface area (Å²) in [6, 6.07) is 7.81. The van der Waals surface area contributed by atoms with Gasteiger partial charge in [-0.2, -0.15) is 0 Å². The van der Waals surface area contributed by atoms with Gasteiger partial charge in [-0.1, -0.05) is 0 Å². The van der Waals surface area contributed by atoms with Crippen molar-refractivity contribution in [3.05, 3.63) is 31.2 Å². The molecular weight excluding hydrogens is 142 g/mol. The van der Waals surface area contributed by atoms with Gasteiger partial charge in [-0.05, 0) is 36.9 Å². The van der Waals surface area contributed by atoms with Gasteiger partial charge in [0.05, 0.1) is 0 Å². The van der Waals surface area contributed by atoms with Crippen molar-refractivity contribution in [2.24, 2.45) is 0 Å². The Morgan fingerprint density at radius 1 is 1.30 bits per heavy atom. The third-order valence-electron chi connectivity index (χ3n) is 1.15. The smallest absolute Gasteiger partial charge is 0.0314 e. The summed E-state index contributed by atoms with van der Waals surface area (Å²) in [5.41, 5.74) is 6.31. The Hall–Kier alpha value is -0.630. The molecule has 2 heteroatoms. The molecule has 0 unspecified atom stereocenters. The van der Waals surface area contributed by atoms with Crippen LogP contribution in [-0.2, 0) is 0 Å². The molecule has 1 rings (SSSR count). The van der Waals surface area contributed by atoms with Crippen LogP contribution in [0, 0.1) is 6.92 Å². The van der Waals surface area contributed by atoms with Crippen LogP contribution in [0.15, 0.2) is 29.2 Å². The summed E-state index contributed by atoms with van der Waals surface area (Å²) in [7, 11) is 0. The van der Waals surface area contributed by atoms with Gasteiger partial charge in [-0.3, -0.25) is 0 Å². The normalized spacial score (nSPS) is 9.70. The first-order valence-corrected chi connectivity index (χ1v) is 4.09. The standard InChI is InChI=1S/C8H10NS/c1-2-10-8-5-3-7(9)4-6-8/h3-6H,1-2,9H2. The molecule has 0 saturated carbocycles. The molecule has 1 aromatic rings. The lowest BCUT2D eigenvalue weighted by Gasteiger charge is -1.96. The topological polar surface area (TPSA) is 26.0 Å². The van der Waals surface area contributed by atoms with Gasteiger partial charge in [0.1, 0.15) is 0 Å². The van der Waals surface area contributed by atoms with E-state index in [2.05, 4.69) is 6.92 Å². The van der Waals surface area contributed by atoms with E-state index in [0.29, 0.717) is 0 Å². The molecule has 1 aromatic carbocycles. The maximum atomic E-state index is 5.50. The third-order valence-corrected chi connectivity index (χ3v) is 1.96. The molecule has 0 aromatic heterocycles. The molecule has 2 N–H and O–H groups in total. The minimum Gasteiger partial charge on any atom is -0.399 e. The molecule has 53 valence electrons. The largest absolute Gasteiger partial charge is 0.399 e. The average molecular weight is 152 g/mol. The van der Waals surface area contributed by atoms with Crippen molar-refractivity contribution in [1.82, 2.24) is 0 Å². The second-order valence-electron chi connectivity index (χ2n) is 1.92. The summed E-state index contributed by atoms with van der Waals surface area (Å²) in [6.45, 7) is 3.74. The number of anilines is 1. The highest BCUT2D eigenvalue weighted by Crippen LogP contribution is 2.17. The monoisotopic (exact) mass is 152 g/mol. The SMILES string of the molecule is [CH2]CSc1ccc(N)cc1. The fourth-order valence-corrected chi connectivity index (χ4v) is 1.25. The van der Waals surface area contributed by atoms with E-state index < -0.39 is 0 Å². The van der Waals surface area contributed by atoms with Gasteiger partial charge >= 0.3 is 0 Å². The van der Waals surface area contributed by atoms with Crippen LogP contribution in [0.3, 0.4) is 0 Å². The Labute approximate surface area is 65.6 Å². The molecule has 0 aliphatic heterocycles. The minimum atomic E-state index is 0.813. The molecule has 0 aliphatic carbocycles. The second-order valence-corrected chi connectivity index (χ2v) is 3.09. The van der Waals surface area contributed by atoms with Crippen LogP contribution < -0.4 is 5.73 Å². The number of hydrogen-bond donors (Lipinski definition) is 1. The van der Waals surface area contributed by atoms with Gasteiger partial charge in [0, 0.05) is 10.6 Å². The number of nitrogen functional groups attached to an aromatic ring is 1. The van der Waals surface area contributed by atoms with Crippen molar-refractivity contribution in [1.29, 1.82) is 0 Å². The van der Waals surface area contributed by atoms with Crippen LogP contribution in [0.25, 0.3) is 0 Å². The highest BCUT2D eigenvalue weighted by Gasteiger charge is 1.88. The van der Waals surface area contributed by atoms with Crippen LogP contribution in [0.5, 0.6) is 0 Å². The quantitative estimate of drug-likeness (QED) is 0.519. The Balaban J connectivity index is 2.69. The first kappa shape index (κ1) is 7.48. The molecule has 0 heterocycles.